The van der Waals surface area contributed by atoms with Crippen molar-refractivity contribution in [1.29, 1.82) is 0 Å². The first-order valence-corrected chi connectivity index (χ1v) is 10.4. The number of carbonyl (C=O) groups is 1. The maximum absolute atomic E-state index is 12.7. The number of rotatable bonds is 4. The minimum Gasteiger partial charge on any atom is -0.346 e. The topological polar surface area (TPSA) is 106 Å². The molecule has 27 heavy (non-hydrogen) atoms. The first-order chi connectivity index (χ1) is 12.6. The zero-order chi connectivity index (χ0) is 19.8. The number of halogens is 1. The number of sulfone groups is 1. The first kappa shape index (κ1) is 19.3. The highest BCUT2D eigenvalue weighted by atomic mass is 35.5. The Morgan fingerprint density at radius 3 is 2.41 bits per heavy atom. The number of nitro groups is 1. The van der Waals surface area contributed by atoms with Crippen LogP contribution >= 0.6 is 11.6 Å². The summed E-state index contributed by atoms with van der Waals surface area (Å²) in [5.74, 6) is -0.687. The normalized spacial score (nSPS) is 21.0. The first-order valence-electron chi connectivity index (χ1n) is 8.15. The van der Waals surface area contributed by atoms with Gasteiger partial charge in [0, 0.05) is 22.7 Å². The van der Waals surface area contributed by atoms with Crippen LogP contribution in [0.25, 0.3) is 11.1 Å². The minimum absolute atomic E-state index is 0.00867. The molecule has 1 atom stereocenters. The van der Waals surface area contributed by atoms with Crippen LogP contribution in [0.1, 0.15) is 23.7 Å². The number of nitrogens with one attached hydrogen (secondary N) is 1. The van der Waals surface area contributed by atoms with E-state index in [4.69, 9.17) is 11.6 Å². The van der Waals surface area contributed by atoms with E-state index in [1.54, 1.807) is 37.3 Å². The van der Waals surface area contributed by atoms with Gasteiger partial charge in [0.1, 0.15) is 0 Å². The summed E-state index contributed by atoms with van der Waals surface area (Å²) in [6.07, 6.45) is 0.306. The molecule has 0 radical (unpaired) electrons. The summed E-state index contributed by atoms with van der Waals surface area (Å²) in [6.45, 7) is 1.66. The van der Waals surface area contributed by atoms with Gasteiger partial charge in [-0.05, 0) is 42.7 Å². The number of non-ortho nitro benzene ring substituents is 1. The molecule has 142 valence electrons. The highest BCUT2D eigenvalue weighted by Crippen LogP contribution is 2.28. The van der Waals surface area contributed by atoms with Gasteiger partial charge in [0.25, 0.3) is 11.6 Å². The zero-order valence-electron chi connectivity index (χ0n) is 14.4. The molecule has 1 saturated heterocycles. The van der Waals surface area contributed by atoms with E-state index in [1.165, 1.54) is 12.1 Å². The predicted octanol–water partition coefficient (Wildman–Crippen LogP) is 3.22. The van der Waals surface area contributed by atoms with Gasteiger partial charge in [0.15, 0.2) is 9.84 Å². The highest BCUT2D eigenvalue weighted by Gasteiger charge is 2.39. The van der Waals surface area contributed by atoms with Crippen LogP contribution in [0.4, 0.5) is 5.69 Å². The second-order valence-corrected chi connectivity index (χ2v) is 9.51. The zero-order valence-corrected chi connectivity index (χ0v) is 16.0. The van der Waals surface area contributed by atoms with Gasteiger partial charge in [0.05, 0.1) is 22.0 Å². The van der Waals surface area contributed by atoms with E-state index in [1.807, 2.05) is 0 Å². The smallest absolute Gasteiger partial charge is 0.270 e. The molecule has 3 rings (SSSR count). The van der Waals surface area contributed by atoms with E-state index in [-0.39, 0.29) is 22.8 Å². The van der Waals surface area contributed by atoms with Gasteiger partial charge in [-0.3, -0.25) is 14.9 Å². The van der Waals surface area contributed by atoms with Gasteiger partial charge in [-0.2, -0.15) is 0 Å². The Balaban J connectivity index is 1.96. The number of nitrogens with zero attached hydrogens (tertiary/aromatic N) is 1. The van der Waals surface area contributed by atoms with Crippen LogP contribution < -0.4 is 5.32 Å². The van der Waals surface area contributed by atoms with Crippen molar-refractivity contribution in [3.8, 4) is 11.1 Å². The molecule has 7 nitrogen and oxygen atoms in total. The summed E-state index contributed by atoms with van der Waals surface area (Å²) < 4.78 is 23.4. The number of benzene rings is 2. The van der Waals surface area contributed by atoms with Crippen molar-refractivity contribution in [2.45, 2.75) is 18.9 Å². The summed E-state index contributed by atoms with van der Waals surface area (Å²) in [6, 6.07) is 10.8. The standard InChI is InChI=1S/C18H17ClN2O5S/c1-18(6-7-27(25,26)11-18)20-17(22)14-8-13(9-16(10-14)21(23)24)12-2-4-15(19)5-3-12/h2-5,8-10H,6-7,11H2,1H3,(H,20,22). The third-order valence-corrected chi connectivity index (χ3v) is 6.64. The maximum Gasteiger partial charge on any atom is 0.270 e. The summed E-state index contributed by atoms with van der Waals surface area (Å²) in [4.78, 5) is 23.4. The highest BCUT2D eigenvalue weighted by molar-refractivity contribution is 7.91. The summed E-state index contributed by atoms with van der Waals surface area (Å²) in [7, 11) is -3.19. The molecule has 1 unspecified atom stereocenters. The number of nitro benzene ring substituents is 1. The minimum atomic E-state index is -3.19. The maximum atomic E-state index is 12.7. The van der Waals surface area contributed by atoms with Gasteiger partial charge in [0.2, 0.25) is 0 Å². The number of amides is 1. The van der Waals surface area contributed by atoms with Crippen LogP contribution in [0.2, 0.25) is 5.02 Å². The molecule has 0 aromatic heterocycles. The Labute approximate surface area is 161 Å². The lowest BCUT2D eigenvalue weighted by atomic mass is 9.99. The molecule has 1 heterocycles. The van der Waals surface area contributed by atoms with Gasteiger partial charge < -0.3 is 5.32 Å². The average molecular weight is 409 g/mol. The Morgan fingerprint density at radius 2 is 1.85 bits per heavy atom. The van der Waals surface area contributed by atoms with E-state index < -0.39 is 26.2 Å². The van der Waals surface area contributed by atoms with Crippen molar-refractivity contribution in [1.82, 2.24) is 5.32 Å². The van der Waals surface area contributed by atoms with Gasteiger partial charge in [-0.1, -0.05) is 23.7 Å². The lowest BCUT2D eigenvalue weighted by Crippen LogP contribution is -2.46. The lowest BCUT2D eigenvalue weighted by Gasteiger charge is -2.24. The summed E-state index contributed by atoms with van der Waals surface area (Å²) in [5.41, 5.74) is 0.152. The Kier molecular flexibility index (Phi) is 4.96. The molecule has 0 spiro atoms. The summed E-state index contributed by atoms with van der Waals surface area (Å²) in [5, 5.41) is 14.5. The third kappa shape index (κ3) is 4.45. The van der Waals surface area contributed by atoms with Crippen LogP contribution in [-0.2, 0) is 9.84 Å². The van der Waals surface area contributed by atoms with E-state index in [0.717, 1.165) is 0 Å². The molecule has 1 N–H and O–H groups in total. The second kappa shape index (κ2) is 6.94. The molecule has 0 bridgehead atoms. The van der Waals surface area contributed by atoms with Crippen molar-refractivity contribution in [2.24, 2.45) is 0 Å². The lowest BCUT2D eigenvalue weighted by molar-refractivity contribution is -0.384. The molecular weight excluding hydrogens is 392 g/mol. The fraction of sp³-hybridized carbons (Fsp3) is 0.278. The van der Waals surface area contributed by atoms with E-state index in [9.17, 15) is 23.3 Å². The van der Waals surface area contributed by atoms with Crippen LogP contribution in [0, 0.1) is 10.1 Å². The van der Waals surface area contributed by atoms with Crippen molar-refractivity contribution in [3.63, 3.8) is 0 Å². The van der Waals surface area contributed by atoms with Crippen molar-refractivity contribution in [2.75, 3.05) is 11.5 Å². The van der Waals surface area contributed by atoms with E-state index in [0.29, 0.717) is 22.6 Å². The second-order valence-electron chi connectivity index (χ2n) is 6.89. The molecule has 0 saturated carbocycles. The summed E-state index contributed by atoms with van der Waals surface area (Å²) >= 11 is 5.87. The Bertz CT molecular complexity index is 1020. The molecule has 2 aromatic carbocycles. The van der Waals surface area contributed by atoms with E-state index in [2.05, 4.69) is 5.32 Å². The average Bonchev–Trinajstić information content (AvgIpc) is 2.87. The molecule has 0 aliphatic carbocycles. The van der Waals surface area contributed by atoms with E-state index >= 15 is 0 Å². The molecule has 1 amide bonds. The number of carbonyl (C=O) groups excluding carboxylic acids is 1. The Hall–Kier alpha value is -2.45. The van der Waals surface area contributed by atoms with Gasteiger partial charge in [-0.25, -0.2) is 8.42 Å². The van der Waals surface area contributed by atoms with Crippen molar-refractivity contribution in [3.05, 3.63) is 63.2 Å². The molecule has 1 fully saturated rings. The Morgan fingerprint density at radius 1 is 1.19 bits per heavy atom. The predicted molar refractivity (Wildman–Crippen MR) is 103 cm³/mol. The SMILES string of the molecule is CC1(NC(=O)c2cc(-c3ccc(Cl)cc3)cc([N+](=O)[O-])c2)CCS(=O)(=O)C1. The molecule has 1 aliphatic heterocycles. The monoisotopic (exact) mass is 408 g/mol. The van der Waals surface area contributed by atoms with Gasteiger partial charge >= 0.3 is 0 Å². The molecule has 1 aliphatic rings. The fourth-order valence-electron chi connectivity index (χ4n) is 3.11. The van der Waals surface area contributed by atoms with Crippen molar-refractivity contribution >= 4 is 33.0 Å². The number of hydrogen-bond donors (Lipinski definition) is 1. The van der Waals surface area contributed by atoms with Crippen LogP contribution in [0.5, 0.6) is 0 Å². The van der Waals surface area contributed by atoms with Crippen LogP contribution in [0.3, 0.4) is 0 Å². The third-order valence-electron chi connectivity index (χ3n) is 4.49. The molecular formula is C18H17ClN2O5S. The quantitative estimate of drug-likeness (QED) is 0.617. The fourth-order valence-corrected chi connectivity index (χ4v) is 5.33. The van der Waals surface area contributed by atoms with Gasteiger partial charge in [-0.15, -0.1) is 0 Å². The number of hydrogen-bond acceptors (Lipinski definition) is 5. The molecule has 2 aromatic rings. The largest absolute Gasteiger partial charge is 0.346 e. The molecule has 9 heteroatoms. The van der Waals surface area contributed by atoms with Crippen molar-refractivity contribution < 1.29 is 18.1 Å². The van der Waals surface area contributed by atoms with Crippen LogP contribution in [0.15, 0.2) is 42.5 Å². The van der Waals surface area contributed by atoms with Crippen LogP contribution in [-0.4, -0.2) is 36.3 Å².